The minimum atomic E-state index is 0.616. The zero-order valence-corrected chi connectivity index (χ0v) is 15.6. The molecule has 22 heavy (non-hydrogen) atoms. The number of morpholine rings is 1. The van der Waals surface area contributed by atoms with Crippen LogP contribution < -0.4 is 0 Å². The molecule has 0 spiro atoms. The molecule has 0 aromatic rings. The van der Waals surface area contributed by atoms with Crippen molar-refractivity contribution in [2.24, 2.45) is 0 Å². The van der Waals surface area contributed by atoms with E-state index in [0.29, 0.717) is 6.04 Å². The topological polar surface area (TPSA) is 12.5 Å². The third kappa shape index (κ3) is 8.53. The highest BCUT2D eigenvalue weighted by molar-refractivity contribution is 4.79. The molecule has 0 bridgehead atoms. The van der Waals surface area contributed by atoms with Gasteiger partial charge < -0.3 is 4.74 Å². The maximum absolute atomic E-state index is 5.64. The third-order valence-corrected chi connectivity index (χ3v) is 5.17. The Hall–Kier alpha value is -0.0800. The Morgan fingerprint density at radius 1 is 0.864 bits per heavy atom. The van der Waals surface area contributed by atoms with Crippen LogP contribution in [0, 0.1) is 0 Å². The number of hydrogen-bond acceptors (Lipinski definition) is 2. The molecule has 0 amide bonds. The lowest BCUT2D eigenvalue weighted by Crippen LogP contribution is -2.49. The maximum atomic E-state index is 5.64. The molecule has 1 atom stereocenters. The van der Waals surface area contributed by atoms with Crippen LogP contribution in [0.15, 0.2) is 0 Å². The smallest absolute Gasteiger partial charge is 0.0619 e. The van der Waals surface area contributed by atoms with Crippen molar-refractivity contribution in [1.82, 2.24) is 4.90 Å². The molecule has 1 aliphatic rings. The van der Waals surface area contributed by atoms with E-state index in [1.165, 1.54) is 77.0 Å². The lowest BCUT2D eigenvalue weighted by atomic mass is 9.97. The predicted octanol–water partition coefficient (Wildman–Crippen LogP) is 5.80. The second-order valence-electron chi connectivity index (χ2n) is 7.22. The zero-order valence-electron chi connectivity index (χ0n) is 15.6. The van der Waals surface area contributed by atoms with Crippen LogP contribution in [-0.2, 0) is 4.74 Å². The highest BCUT2D eigenvalue weighted by atomic mass is 16.5. The predicted molar refractivity (Wildman–Crippen MR) is 97.5 cm³/mol. The van der Waals surface area contributed by atoms with Gasteiger partial charge in [-0.2, -0.15) is 0 Å². The number of rotatable bonds is 13. The fraction of sp³-hybridized carbons (Fsp3) is 1.00. The summed E-state index contributed by atoms with van der Waals surface area (Å²) in [5.41, 5.74) is 0. The van der Waals surface area contributed by atoms with Gasteiger partial charge in [-0.05, 0) is 19.8 Å². The largest absolute Gasteiger partial charge is 0.379 e. The van der Waals surface area contributed by atoms with Gasteiger partial charge in [-0.15, -0.1) is 0 Å². The average molecular weight is 312 g/mol. The van der Waals surface area contributed by atoms with Crippen molar-refractivity contribution < 1.29 is 4.74 Å². The molecule has 2 heteroatoms. The van der Waals surface area contributed by atoms with Gasteiger partial charge in [-0.1, -0.05) is 78.1 Å². The lowest BCUT2D eigenvalue weighted by Gasteiger charge is -2.39. The van der Waals surface area contributed by atoms with Crippen molar-refractivity contribution in [2.75, 3.05) is 19.8 Å². The van der Waals surface area contributed by atoms with Gasteiger partial charge in [0.05, 0.1) is 13.2 Å². The number of unbranched alkanes of at least 4 members (excludes halogenated alkanes) is 8. The molecular weight excluding hydrogens is 270 g/mol. The highest BCUT2D eigenvalue weighted by Crippen LogP contribution is 2.22. The summed E-state index contributed by atoms with van der Waals surface area (Å²) in [4.78, 5) is 2.75. The van der Waals surface area contributed by atoms with Crippen LogP contribution in [0.25, 0.3) is 0 Å². The van der Waals surface area contributed by atoms with Crippen LogP contribution in [0.5, 0.6) is 0 Å². The van der Waals surface area contributed by atoms with Crippen molar-refractivity contribution in [3.05, 3.63) is 0 Å². The second kappa shape index (κ2) is 13.4. The first-order valence-electron chi connectivity index (χ1n) is 10.1. The quantitative estimate of drug-likeness (QED) is 0.399. The van der Waals surface area contributed by atoms with Gasteiger partial charge in [0.15, 0.2) is 0 Å². The Morgan fingerprint density at radius 3 is 1.91 bits per heavy atom. The summed E-state index contributed by atoms with van der Waals surface area (Å²) in [6.45, 7) is 9.97. The molecular formula is C20H41NO. The number of nitrogens with zero attached hydrogens (tertiary/aromatic N) is 1. The van der Waals surface area contributed by atoms with E-state index in [1.54, 1.807) is 0 Å². The molecule has 0 radical (unpaired) electrons. The molecule has 1 heterocycles. The van der Waals surface area contributed by atoms with E-state index >= 15 is 0 Å². The van der Waals surface area contributed by atoms with Crippen molar-refractivity contribution in [3.8, 4) is 0 Å². The summed E-state index contributed by atoms with van der Waals surface area (Å²) in [7, 11) is 0. The van der Waals surface area contributed by atoms with Gasteiger partial charge in [0, 0.05) is 18.6 Å². The monoisotopic (exact) mass is 311 g/mol. The molecule has 0 saturated carbocycles. The lowest BCUT2D eigenvalue weighted by molar-refractivity contribution is -0.0262. The van der Waals surface area contributed by atoms with E-state index in [-0.39, 0.29) is 0 Å². The molecule has 0 N–H and O–H groups in total. The first-order valence-corrected chi connectivity index (χ1v) is 10.1. The van der Waals surface area contributed by atoms with E-state index in [1.807, 2.05) is 0 Å². The zero-order chi connectivity index (χ0) is 16.0. The van der Waals surface area contributed by atoms with Crippen molar-refractivity contribution in [3.63, 3.8) is 0 Å². The van der Waals surface area contributed by atoms with E-state index < -0.39 is 0 Å². The fourth-order valence-electron chi connectivity index (χ4n) is 3.73. The van der Waals surface area contributed by atoms with Gasteiger partial charge in [-0.25, -0.2) is 0 Å². The molecule has 1 aliphatic heterocycles. The van der Waals surface area contributed by atoms with E-state index in [0.717, 1.165) is 25.8 Å². The molecule has 132 valence electrons. The van der Waals surface area contributed by atoms with E-state index in [9.17, 15) is 0 Å². The molecule has 1 saturated heterocycles. The van der Waals surface area contributed by atoms with Gasteiger partial charge in [0.2, 0.25) is 0 Å². The molecule has 0 aromatic carbocycles. The van der Waals surface area contributed by atoms with Crippen LogP contribution in [0.1, 0.15) is 97.8 Å². The van der Waals surface area contributed by atoms with E-state index in [2.05, 4.69) is 25.7 Å². The molecule has 0 aliphatic carbocycles. The molecule has 1 fully saturated rings. The van der Waals surface area contributed by atoms with E-state index in [4.69, 9.17) is 4.74 Å². The summed E-state index contributed by atoms with van der Waals surface area (Å²) in [6.07, 6.45) is 16.9. The Bertz CT molecular complexity index is 230. The van der Waals surface area contributed by atoms with Gasteiger partial charge in [0.25, 0.3) is 0 Å². The first kappa shape index (κ1) is 20.0. The van der Waals surface area contributed by atoms with Crippen molar-refractivity contribution in [1.29, 1.82) is 0 Å². The number of hydrogen-bond donors (Lipinski definition) is 0. The van der Waals surface area contributed by atoms with Gasteiger partial charge in [-0.3, -0.25) is 4.90 Å². The standard InChI is InChI=1S/C20H41NO/c1-4-6-8-10-12-14-20(15-13-11-9-7-5-2)21-16-17-22-18-19(21)3/h19-20H,4-18H2,1-3H3/t19-/m0/s1. The average Bonchev–Trinajstić information content (AvgIpc) is 2.53. The summed E-state index contributed by atoms with van der Waals surface area (Å²) in [5.74, 6) is 0. The Balaban J connectivity index is 2.31. The molecule has 0 aromatic heterocycles. The third-order valence-electron chi connectivity index (χ3n) is 5.17. The van der Waals surface area contributed by atoms with Gasteiger partial charge in [0.1, 0.15) is 0 Å². The van der Waals surface area contributed by atoms with Crippen LogP contribution >= 0.6 is 0 Å². The first-order chi connectivity index (χ1) is 10.8. The molecule has 2 nitrogen and oxygen atoms in total. The summed E-state index contributed by atoms with van der Waals surface area (Å²) in [6, 6.07) is 1.42. The summed E-state index contributed by atoms with van der Waals surface area (Å²) in [5, 5.41) is 0. The van der Waals surface area contributed by atoms with Crippen LogP contribution in [-0.4, -0.2) is 36.7 Å². The normalized spacial score (nSPS) is 19.9. The van der Waals surface area contributed by atoms with Crippen molar-refractivity contribution in [2.45, 2.75) is 110 Å². The van der Waals surface area contributed by atoms with Crippen LogP contribution in [0.3, 0.4) is 0 Å². The number of ether oxygens (including phenoxy) is 1. The molecule has 1 rings (SSSR count). The van der Waals surface area contributed by atoms with Crippen LogP contribution in [0.4, 0.5) is 0 Å². The maximum Gasteiger partial charge on any atom is 0.0619 e. The fourth-order valence-corrected chi connectivity index (χ4v) is 3.73. The SMILES string of the molecule is CCCCCCCC(CCCCCCC)N1CCOC[C@@H]1C. The Labute approximate surface area is 140 Å². The van der Waals surface area contributed by atoms with Crippen LogP contribution in [0.2, 0.25) is 0 Å². The Kier molecular flexibility index (Phi) is 12.1. The highest BCUT2D eigenvalue weighted by Gasteiger charge is 2.25. The van der Waals surface area contributed by atoms with Crippen molar-refractivity contribution >= 4 is 0 Å². The van der Waals surface area contributed by atoms with Gasteiger partial charge >= 0.3 is 0 Å². The summed E-state index contributed by atoms with van der Waals surface area (Å²) >= 11 is 0. The minimum Gasteiger partial charge on any atom is -0.379 e. The Morgan fingerprint density at radius 2 is 1.41 bits per heavy atom. The second-order valence-corrected chi connectivity index (χ2v) is 7.22. The minimum absolute atomic E-state index is 0.616. The molecule has 0 unspecified atom stereocenters. The summed E-state index contributed by atoms with van der Waals surface area (Å²) < 4.78 is 5.64.